The highest BCUT2D eigenvalue weighted by Gasteiger charge is 2.31. The first kappa shape index (κ1) is 15.9. The molecule has 0 amide bonds. The molecule has 1 heterocycles. The third kappa shape index (κ3) is 5.16. The molecule has 0 radical (unpaired) electrons. The van der Waals surface area contributed by atoms with Crippen molar-refractivity contribution in [1.82, 2.24) is 15.3 Å². The molecule has 0 aliphatic carbocycles. The number of esters is 1. The second kappa shape index (κ2) is 8.12. The third-order valence-corrected chi connectivity index (χ3v) is 4.05. The largest absolute Gasteiger partial charge is 0.468 e. The highest BCUT2D eigenvalue weighted by molar-refractivity contribution is 7.99. The van der Waals surface area contributed by atoms with E-state index in [1.165, 1.54) is 7.11 Å². The van der Waals surface area contributed by atoms with Gasteiger partial charge in [0.05, 0.1) is 13.3 Å². The number of likely N-dealkylation sites (N-methyl/N-ethyl adjacent to an activating group) is 1. The van der Waals surface area contributed by atoms with Crippen LogP contribution in [0.1, 0.15) is 26.2 Å². The average Bonchev–Trinajstić information content (AvgIpc) is 2.46. The molecule has 6 heteroatoms. The molecular formula is C13H21N3O2S. The zero-order chi connectivity index (χ0) is 14.1. The van der Waals surface area contributed by atoms with Crippen LogP contribution < -0.4 is 5.32 Å². The molecule has 0 fully saturated rings. The molecule has 0 aliphatic rings. The Morgan fingerprint density at radius 2 is 2.26 bits per heavy atom. The van der Waals surface area contributed by atoms with Gasteiger partial charge in [0.1, 0.15) is 10.6 Å². The number of nitrogens with one attached hydrogen (secondary N) is 1. The Balaban J connectivity index is 2.25. The van der Waals surface area contributed by atoms with E-state index in [1.807, 2.05) is 6.92 Å². The van der Waals surface area contributed by atoms with Gasteiger partial charge in [0.15, 0.2) is 0 Å². The zero-order valence-electron chi connectivity index (χ0n) is 11.7. The minimum atomic E-state index is -0.591. The van der Waals surface area contributed by atoms with Gasteiger partial charge in [0, 0.05) is 12.4 Å². The number of unbranched alkanes of at least 4 members (excludes halogenated alkanes) is 1. The monoisotopic (exact) mass is 283 g/mol. The molecule has 0 aromatic carbocycles. The van der Waals surface area contributed by atoms with Gasteiger partial charge in [0.25, 0.3) is 0 Å². The molecular weight excluding hydrogens is 262 g/mol. The fraction of sp³-hybridized carbons (Fsp3) is 0.615. The maximum atomic E-state index is 11.6. The summed E-state index contributed by atoms with van der Waals surface area (Å²) in [6.45, 7) is 1.87. The molecule has 1 N–H and O–H groups in total. The summed E-state index contributed by atoms with van der Waals surface area (Å²) in [4.78, 5) is 19.9. The molecule has 106 valence electrons. The molecule has 0 bridgehead atoms. The number of ether oxygens (including phenoxy) is 1. The number of hydrogen-bond acceptors (Lipinski definition) is 6. The van der Waals surface area contributed by atoms with E-state index < -0.39 is 5.54 Å². The van der Waals surface area contributed by atoms with Crippen LogP contribution in [0.4, 0.5) is 0 Å². The molecule has 1 rings (SSSR count). The SMILES string of the molecule is CNC(C)(CCCCSc1cnccn1)C(=O)OC. The third-order valence-electron chi connectivity index (χ3n) is 3.05. The van der Waals surface area contributed by atoms with Crippen molar-refractivity contribution in [2.75, 3.05) is 19.9 Å². The second-order valence-corrected chi connectivity index (χ2v) is 5.54. The van der Waals surface area contributed by atoms with Crippen LogP contribution in [-0.2, 0) is 9.53 Å². The molecule has 19 heavy (non-hydrogen) atoms. The fourth-order valence-corrected chi connectivity index (χ4v) is 2.50. The highest BCUT2D eigenvalue weighted by Crippen LogP contribution is 2.19. The summed E-state index contributed by atoms with van der Waals surface area (Å²) in [5.41, 5.74) is -0.591. The number of rotatable bonds is 8. The zero-order valence-corrected chi connectivity index (χ0v) is 12.5. The van der Waals surface area contributed by atoms with E-state index in [9.17, 15) is 4.79 Å². The molecule has 1 aromatic rings. The van der Waals surface area contributed by atoms with Crippen LogP contribution in [0.5, 0.6) is 0 Å². The summed E-state index contributed by atoms with van der Waals surface area (Å²) in [5, 5.41) is 3.97. The molecule has 0 aliphatic heterocycles. The van der Waals surface area contributed by atoms with Gasteiger partial charge in [-0.3, -0.25) is 9.78 Å². The van der Waals surface area contributed by atoms with E-state index in [1.54, 1.807) is 37.4 Å². The van der Waals surface area contributed by atoms with E-state index in [4.69, 9.17) is 4.74 Å². The van der Waals surface area contributed by atoms with Gasteiger partial charge in [-0.05, 0) is 32.6 Å². The molecule has 5 nitrogen and oxygen atoms in total. The number of methoxy groups -OCH3 is 1. The summed E-state index contributed by atoms with van der Waals surface area (Å²) in [6.07, 6.45) is 7.86. The lowest BCUT2D eigenvalue weighted by atomic mass is 9.95. The molecule has 0 spiro atoms. The lowest BCUT2D eigenvalue weighted by molar-refractivity contribution is -0.148. The predicted molar refractivity (Wildman–Crippen MR) is 76.1 cm³/mol. The summed E-state index contributed by atoms with van der Waals surface area (Å²) < 4.78 is 4.81. The number of carbonyl (C=O) groups is 1. The van der Waals surface area contributed by atoms with Gasteiger partial charge < -0.3 is 10.1 Å². The second-order valence-electron chi connectivity index (χ2n) is 4.42. The minimum absolute atomic E-state index is 0.212. The van der Waals surface area contributed by atoms with Gasteiger partial charge >= 0.3 is 5.97 Å². The van der Waals surface area contributed by atoms with Crippen molar-refractivity contribution >= 4 is 17.7 Å². The van der Waals surface area contributed by atoms with Crippen molar-refractivity contribution in [1.29, 1.82) is 0 Å². The van der Waals surface area contributed by atoms with Crippen LogP contribution in [0.25, 0.3) is 0 Å². The van der Waals surface area contributed by atoms with E-state index >= 15 is 0 Å². The smallest absolute Gasteiger partial charge is 0.325 e. The number of nitrogens with zero attached hydrogens (tertiary/aromatic N) is 2. The van der Waals surface area contributed by atoms with Gasteiger partial charge in [-0.2, -0.15) is 0 Å². The Morgan fingerprint density at radius 1 is 1.47 bits per heavy atom. The van der Waals surface area contributed by atoms with Crippen molar-refractivity contribution in [2.45, 2.75) is 36.8 Å². The minimum Gasteiger partial charge on any atom is -0.468 e. The number of aromatic nitrogens is 2. The maximum absolute atomic E-state index is 11.6. The van der Waals surface area contributed by atoms with Crippen LogP contribution in [0.2, 0.25) is 0 Å². The first-order valence-corrected chi connectivity index (χ1v) is 7.27. The van der Waals surface area contributed by atoms with Crippen molar-refractivity contribution in [3.63, 3.8) is 0 Å². The van der Waals surface area contributed by atoms with Gasteiger partial charge in [-0.15, -0.1) is 11.8 Å². The summed E-state index contributed by atoms with van der Waals surface area (Å²) in [6, 6.07) is 0. The van der Waals surface area contributed by atoms with Crippen LogP contribution in [0, 0.1) is 0 Å². The Kier molecular flexibility index (Phi) is 6.80. The van der Waals surface area contributed by atoms with Crippen LogP contribution in [-0.4, -0.2) is 41.4 Å². The summed E-state index contributed by atoms with van der Waals surface area (Å²) in [7, 11) is 3.20. The van der Waals surface area contributed by atoms with E-state index in [0.717, 1.165) is 30.0 Å². The first-order valence-electron chi connectivity index (χ1n) is 6.28. The molecule has 0 saturated heterocycles. The van der Waals surface area contributed by atoms with Crippen LogP contribution in [0.15, 0.2) is 23.6 Å². The van der Waals surface area contributed by atoms with Gasteiger partial charge in [-0.1, -0.05) is 6.42 Å². The summed E-state index contributed by atoms with van der Waals surface area (Å²) >= 11 is 1.68. The Morgan fingerprint density at radius 3 is 2.84 bits per heavy atom. The first-order chi connectivity index (χ1) is 9.12. The van der Waals surface area contributed by atoms with Crippen LogP contribution >= 0.6 is 11.8 Å². The number of thioether (sulfide) groups is 1. The number of hydrogen-bond donors (Lipinski definition) is 1. The van der Waals surface area contributed by atoms with Crippen molar-refractivity contribution in [3.05, 3.63) is 18.6 Å². The topological polar surface area (TPSA) is 64.1 Å². The number of carbonyl (C=O) groups excluding carboxylic acids is 1. The Bertz CT molecular complexity index is 389. The molecule has 0 saturated carbocycles. The maximum Gasteiger partial charge on any atom is 0.325 e. The Hall–Kier alpha value is -1.14. The molecule has 1 atom stereocenters. The highest BCUT2D eigenvalue weighted by atomic mass is 32.2. The van der Waals surface area contributed by atoms with E-state index in [2.05, 4.69) is 15.3 Å². The standard InChI is InChI=1S/C13H21N3O2S/c1-13(14-2,12(17)18-3)6-4-5-9-19-11-10-15-7-8-16-11/h7-8,10,14H,4-6,9H2,1-3H3. The Labute approximate surface area is 118 Å². The quantitative estimate of drug-likeness (QED) is 0.446. The van der Waals surface area contributed by atoms with Crippen LogP contribution in [0.3, 0.4) is 0 Å². The average molecular weight is 283 g/mol. The van der Waals surface area contributed by atoms with Crippen molar-refractivity contribution < 1.29 is 9.53 Å². The normalized spacial score (nSPS) is 13.8. The van der Waals surface area contributed by atoms with Crippen molar-refractivity contribution in [3.8, 4) is 0 Å². The van der Waals surface area contributed by atoms with Crippen molar-refractivity contribution in [2.24, 2.45) is 0 Å². The van der Waals surface area contributed by atoms with E-state index in [-0.39, 0.29) is 5.97 Å². The molecule has 1 unspecified atom stereocenters. The predicted octanol–water partition coefficient (Wildman–Crippen LogP) is 1.89. The van der Waals surface area contributed by atoms with Gasteiger partial charge in [0.2, 0.25) is 0 Å². The van der Waals surface area contributed by atoms with Gasteiger partial charge in [-0.25, -0.2) is 4.98 Å². The lowest BCUT2D eigenvalue weighted by Crippen LogP contribution is -2.48. The molecule has 1 aromatic heterocycles. The summed E-state index contributed by atoms with van der Waals surface area (Å²) in [5.74, 6) is 0.760. The fourth-order valence-electron chi connectivity index (χ4n) is 1.67. The van der Waals surface area contributed by atoms with E-state index in [0.29, 0.717) is 0 Å². The lowest BCUT2D eigenvalue weighted by Gasteiger charge is -2.25.